The van der Waals surface area contributed by atoms with Crippen LogP contribution in [0.3, 0.4) is 0 Å². The molecule has 1 aliphatic heterocycles. The number of carbonyl (C=O) groups is 1. The maximum Gasteiger partial charge on any atom is 0.296 e. The number of anilines is 1. The van der Waals surface area contributed by atoms with Gasteiger partial charge in [0.25, 0.3) is 16.0 Å². The molecule has 0 saturated carbocycles. The monoisotopic (exact) mass is 656 g/mol. The second kappa shape index (κ2) is 22.1. The molecule has 46 heavy (non-hydrogen) atoms. The number of piperazine rings is 1. The SMILES string of the molecule is CCCN1CCN(c2ccc(C(=O)NCCCCCCCCCCCCCCCCCOS(=O)(=O)c3ccc(C)cc3)cn2)CC1. The van der Waals surface area contributed by atoms with Crippen molar-refractivity contribution in [3.63, 3.8) is 0 Å². The van der Waals surface area contributed by atoms with E-state index < -0.39 is 10.1 Å². The molecule has 2 aromatic rings. The number of hydrogen-bond acceptors (Lipinski definition) is 7. The maximum atomic E-state index is 12.5. The average molecular weight is 657 g/mol. The van der Waals surface area contributed by atoms with E-state index in [1.807, 2.05) is 19.1 Å². The summed E-state index contributed by atoms with van der Waals surface area (Å²) in [5, 5.41) is 3.06. The summed E-state index contributed by atoms with van der Waals surface area (Å²) < 4.78 is 29.6. The van der Waals surface area contributed by atoms with E-state index in [2.05, 4.69) is 27.0 Å². The van der Waals surface area contributed by atoms with Crippen molar-refractivity contribution in [3.8, 4) is 0 Å². The second-order valence-electron chi connectivity index (χ2n) is 12.9. The fourth-order valence-electron chi connectivity index (χ4n) is 5.99. The molecule has 9 heteroatoms. The molecule has 1 amide bonds. The fraction of sp³-hybridized carbons (Fsp3) is 0.676. The van der Waals surface area contributed by atoms with E-state index in [9.17, 15) is 13.2 Å². The standard InChI is InChI=1S/C37H60N4O4S/c1-3-26-40-27-29-41(30-28-40)36-24-21-34(32-39-36)37(42)38-25-17-15-13-11-9-7-5-4-6-8-10-12-14-16-18-31-45-46(43,44)35-22-19-33(2)20-23-35/h19-24,32H,3-18,25-31H2,1-2H3,(H,38,42). The minimum Gasteiger partial charge on any atom is -0.354 e. The molecule has 0 aliphatic carbocycles. The van der Waals surface area contributed by atoms with Crippen LogP contribution < -0.4 is 10.2 Å². The summed E-state index contributed by atoms with van der Waals surface area (Å²) in [7, 11) is -3.63. The highest BCUT2D eigenvalue weighted by molar-refractivity contribution is 7.86. The highest BCUT2D eigenvalue weighted by Crippen LogP contribution is 2.17. The van der Waals surface area contributed by atoms with Gasteiger partial charge in [0.15, 0.2) is 0 Å². The molecule has 1 aromatic carbocycles. The van der Waals surface area contributed by atoms with E-state index in [1.54, 1.807) is 30.5 Å². The van der Waals surface area contributed by atoms with E-state index in [4.69, 9.17) is 4.18 Å². The van der Waals surface area contributed by atoms with E-state index in [0.717, 1.165) is 76.2 Å². The van der Waals surface area contributed by atoms with Gasteiger partial charge in [0.05, 0.1) is 17.1 Å². The van der Waals surface area contributed by atoms with Crippen molar-refractivity contribution in [3.05, 3.63) is 53.7 Å². The summed E-state index contributed by atoms with van der Waals surface area (Å²) in [6, 6.07) is 10.7. The predicted molar refractivity (Wildman–Crippen MR) is 189 cm³/mol. The van der Waals surface area contributed by atoms with Crippen molar-refractivity contribution < 1.29 is 17.4 Å². The Labute approximate surface area is 279 Å². The zero-order valence-corrected chi connectivity index (χ0v) is 29.5. The van der Waals surface area contributed by atoms with Crippen LogP contribution in [0, 0.1) is 6.92 Å². The van der Waals surface area contributed by atoms with Crippen molar-refractivity contribution in [2.75, 3.05) is 50.8 Å². The lowest BCUT2D eigenvalue weighted by molar-refractivity contribution is 0.0952. The van der Waals surface area contributed by atoms with E-state index >= 15 is 0 Å². The Bertz CT molecular complexity index is 1200. The Morgan fingerprint density at radius 2 is 1.30 bits per heavy atom. The largest absolute Gasteiger partial charge is 0.354 e. The summed E-state index contributed by atoms with van der Waals surface area (Å²) in [5.74, 6) is 0.943. The molecule has 1 fully saturated rings. The summed E-state index contributed by atoms with van der Waals surface area (Å²) in [6.45, 7) is 10.5. The molecule has 1 saturated heterocycles. The molecule has 1 N–H and O–H groups in total. The second-order valence-corrected chi connectivity index (χ2v) is 14.5. The first-order chi connectivity index (χ1) is 22.4. The zero-order valence-electron chi connectivity index (χ0n) is 28.7. The molecule has 258 valence electrons. The topological polar surface area (TPSA) is 91.8 Å². The van der Waals surface area contributed by atoms with Gasteiger partial charge in [-0.05, 0) is 57.0 Å². The molecule has 0 spiro atoms. The number of aryl methyl sites for hydroxylation is 1. The van der Waals surface area contributed by atoms with Gasteiger partial charge in [-0.3, -0.25) is 13.9 Å². The van der Waals surface area contributed by atoms with Crippen molar-refractivity contribution in [1.29, 1.82) is 0 Å². The third-order valence-corrected chi connectivity index (χ3v) is 10.2. The molecule has 8 nitrogen and oxygen atoms in total. The van der Waals surface area contributed by atoms with Crippen LogP contribution in [0.5, 0.6) is 0 Å². The van der Waals surface area contributed by atoms with Crippen molar-refractivity contribution in [2.24, 2.45) is 0 Å². The van der Waals surface area contributed by atoms with Gasteiger partial charge >= 0.3 is 0 Å². The number of unbranched alkanes of at least 4 members (excludes halogenated alkanes) is 14. The van der Waals surface area contributed by atoms with Crippen molar-refractivity contribution >= 4 is 21.8 Å². The summed E-state index contributed by atoms with van der Waals surface area (Å²) >= 11 is 0. The van der Waals surface area contributed by atoms with Crippen LogP contribution in [0.2, 0.25) is 0 Å². The van der Waals surface area contributed by atoms with Crippen LogP contribution in [0.1, 0.15) is 126 Å². The van der Waals surface area contributed by atoms with Gasteiger partial charge in [0.2, 0.25) is 0 Å². The number of amides is 1. The van der Waals surface area contributed by atoms with Crippen LogP contribution in [0.25, 0.3) is 0 Å². The minimum atomic E-state index is -3.63. The number of pyridine rings is 1. The molecular formula is C37H60N4O4S. The Kier molecular flexibility index (Phi) is 18.3. The highest BCUT2D eigenvalue weighted by Gasteiger charge is 2.18. The number of hydrogen-bond donors (Lipinski definition) is 1. The van der Waals surface area contributed by atoms with Crippen LogP contribution in [-0.4, -0.2) is 70.1 Å². The quantitative estimate of drug-likeness (QED) is 0.0907. The lowest BCUT2D eigenvalue weighted by Gasteiger charge is -2.35. The molecule has 2 heterocycles. The van der Waals surface area contributed by atoms with E-state index in [-0.39, 0.29) is 17.4 Å². The Balaban J connectivity index is 1.06. The van der Waals surface area contributed by atoms with Gasteiger partial charge in [0, 0.05) is 38.9 Å². The lowest BCUT2D eigenvalue weighted by Crippen LogP contribution is -2.46. The molecule has 0 bridgehead atoms. The number of aromatic nitrogens is 1. The van der Waals surface area contributed by atoms with Crippen LogP contribution >= 0.6 is 0 Å². The van der Waals surface area contributed by atoms with E-state index in [0.29, 0.717) is 5.56 Å². The first-order valence-electron chi connectivity index (χ1n) is 18.1. The summed E-state index contributed by atoms with van der Waals surface area (Å²) in [4.78, 5) is 22.1. The normalized spacial score (nSPS) is 14.1. The van der Waals surface area contributed by atoms with Crippen LogP contribution in [0.15, 0.2) is 47.5 Å². The Morgan fingerprint density at radius 1 is 0.761 bits per heavy atom. The van der Waals surface area contributed by atoms with Crippen molar-refractivity contribution in [1.82, 2.24) is 15.2 Å². The van der Waals surface area contributed by atoms with Crippen molar-refractivity contribution in [2.45, 2.75) is 121 Å². The van der Waals surface area contributed by atoms with Gasteiger partial charge in [0.1, 0.15) is 5.82 Å². The van der Waals surface area contributed by atoms with Gasteiger partial charge in [-0.15, -0.1) is 0 Å². The van der Waals surface area contributed by atoms with Gasteiger partial charge < -0.3 is 10.2 Å². The highest BCUT2D eigenvalue weighted by atomic mass is 32.2. The zero-order chi connectivity index (χ0) is 32.9. The third kappa shape index (κ3) is 14.9. The molecule has 0 radical (unpaired) electrons. The third-order valence-electron chi connectivity index (χ3n) is 8.90. The number of nitrogens with zero attached hydrogens (tertiary/aromatic N) is 3. The molecule has 0 atom stereocenters. The summed E-state index contributed by atoms with van der Waals surface area (Å²) in [6.07, 6.45) is 20.9. The first-order valence-corrected chi connectivity index (χ1v) is 19.5. The first kappa shape index (κ1) is 38.0. The fourth-order valence-corrected chi connectivity index (χ4v) is 6.94. The van der Waals surface area contributed by atoms with Gasteiger partial charge in [-0.25, -0.2) is 4.98 Å². The average Bonchev–Trinajstić information content (AvgIpc) is 3.06. The van der Waals surface area contributed by atoms with Crippen LogP contribution in [-0.2, 0) is 14.3 Å². The van der Waals surface area contributed by atoms with Gasteiger partial charge in [-0.2, -0.15) is 8.42 Å². The minimum absolute atomic E-state index is 0.0244. The predicted octanol–water partition coefficient (Wildman–Crippen LogP) is 7.91. The maximum absolute atomic E-state index is 12.5. The molecule has 1 aromatic heterocycles. The van der Waals surface area contributed by atoms with E-state index in [1.165, 1.54) is 77.2 Å². The lowest BCUT2D eigenvalue weighted by atomic mass is 10.0. The number of carbonyl (C=O) groups excluding carboxylic acids is 1. The molecule has 1 aliphatic rings. The molecule has 3 rings (SSSR count). The number of benzene rings is 1. The van der Waals surface area contributed by atoms with Gasteiger partial charge in [-0.1, -0.05) is 108 Å². The number of rotatable bonds is 24. The Morgan fingerprint density at radius 3 is 1.83 bits per heavy atom. The summed E-state index contributed by atoms with van der Waals surface area (Å²) in [5.41, 5.74) is 1.67. The number of nitrogens with one attached hydrogen (secondary N) is 1. The molecular weight excluding hydrogens is 596 g/mol. The van der Waals surface area contributed by atoms with Crippen LogP contribution in [0.4, 0.5) is 5.82 Å². The smallest absolute Gasteiger partial charge is 0.296 e. The Hall–Kier alpha value is -2.49. The molecule has 0 unspecified atom stereocenters.